The van der Waals surface area contributed by atoms with Crippen LogP contribution in [-0.4, -0.2) is 48.7 Å². The van der Waals surface area contributed by atoms with Crippen LogP contribution in [-0.2, 0) is 9.59 Å². The van der Waals surface area contributed by atoms with Gasteiger partial charge in [-0.05, 0) is 67.6 Å². The fourth-order valence-electron chi connectivity index (χ4n) is 8.33. The SMILES string of the molecule is C[C@]12CCC(=O)[C@@H](N3CCNCC3)[C@@H]1CC[C@@H]1[C@@H]2CC[C@]2(C)C(=O)CC[C@@H]12. The molecule has 0 aromatic heterocycles. The lowest BCUT2D eigenvalue weighted by Gasteiger charge is -2.61. The van der Waals surface area contributed by atoms with E-state index >= 15 is 0 Å². The largest absolute Gasteiger partial charge is 0.314 e. The lowest BCUT2D eigenvalue weighted by atomic mass is 9.44. The summed E-state index contributed by atoms with van der Waals surface area (Å²) in [6, 6.07) is 0.158. The lowest BCUT2D eigenvalue weighted by Crippen LogP contribution is -2.63. The third kappa shape index (κ3) is 2.55. The molecular formula is C23H36N2O2. The first-order chi connectivity index (χ1) is 12.9. The molecular weight excluding hydrogens is 336 g/mol. The molecule has 0 spiro atoms. The van der Waals surface area contributed by atoms with E-state index in [9.17, 15) is 9.59 Å². The van der Waals surface area contributed by atoms with Gasteiger partial charge in [0.05, 0.1) is 6.04 Å². The second-order valence-corrected chi connectivity index (χ2v) is 10.7. The number of nitrogens with one attached hydrogen (secondary N) is 1. The number of fused-ring (bicyclic) bond motifs is 5. The van der Waals surface area contributed by atoms with Crippen LogP contribution in [0.3, 0.4) is 0 Å². The van der Waals surface area contributed by atoms with Gasteiger partial charge in [-0.25, -0.2) is 0 Å². The second kappa shape index (κ2) is 6.38. The number of ketones is 2. The van der Waals surface area contributed by atoms with Crippen LogP contribution in [0.15, 0.2) is 0 Å². The molecule has 0 bridgehead atoms. The van der Waals surface area contributed by atoms with Crippen LogP contribution in [0, 0.1) is 34.5 Å². The fraction of sp³-hybridized carbons (Fsp3) is 0.913. The van der Waals surface area contributed by atoms with Gasteiger partial charge in [-0.3, -0.25) is 14.5 Å². The topological polar surface area (TPSA) is 49.4 Å². The van der Waals surface area contributed by atoms with Gasteiger partial charge in [0.15, 0.2) is 0 Å². The highest BCUT2D eigenvalue weighted by Gasteiger charge is 2.62. The summed E-state index contributed by atoms with van der Waals surface area (Å²) in [7, 11) is 0. The molecule has 4 aliphatic carbocycles. The van der Waals surface area contributed by atoms with Gasteiger partial charge in [0, 0.05) is 44.4 Å². The van der Waals surface area contributed by atoms with Gasteiger partial charge in [-0.2, -0.15) is 0 Å². The van der Waals surface area contributed by atoms with Gasteiger partial charge in [0.25, 0.3) is 0 Å². The Kier molecular flexibility index (Phi) is 4.33. The smallest absolute Gasteiger partial charge is 0.150 e. The highest BCUT2D eigenvalue weighted by molar-refractivity contribution is 5.87. The van der Waals surface area contributed by atoms with Crippen LogP contribution in [0.2, 0.25) is 0 Å². The summed E-state index contributed by atoms with van der Waals surface area (Å²) in [5.41, 5.74) is 0.256. The molecule has 1 heterocycles. The van der Waals surface area contributed by atoms with E-state index in [1.807, 2.05) is 0 Å². The molecule has 0 aromatic rings. The highest BCUT2D eigenvalue weighted by atomic mass is 16.1. The van der Waals surface area contributed by atoms with Crippen LogP contribution in [0.25, 0.3) is 0 Å². The number of hydrogen-bond acceptors (Lipinski definition) is 4. The van der Waals surface area contributed by atoms with Crippen LogP contribution < -0.4 is 5.32 Å². The van der Waals surface area contributed by atoms with Crippen molar-refractivity contribution in [2.75, 3.05) is 26.2 Å². The first-order valence-electron chi connectivity index (χ1n) is 11.5. The Morgan fingerprint density at radius 3 is 2.44 bits per heavy atom. The van der Waals surface area contributed by atoms with Crippen molar-refractivity contribution in [2.45, 2.75) is 71.3 Å². The summed E-state index contributed by atoms with van der Waals surface area (Å²) in [5, 5.41) is 3.44. The molecule has 4 saturated carbocycles. The fourth-order valence-corrected chi connectivity index (χ4v) is 8.33. The van der Waals surface area contributed by atoms with E-state index in [1.54, 1.807) is 0 Å². The van der Waals surface area contributed by atoms with Gasteiger partial charge in [-0.15, -0.1) is 0 Å². The Bertz CT molecular complexity index is 642. The standard InChI is InChI=1S/C23H36N2O2/c1-22-10-8-19(26)21(25-13-11-24-12-14-25)18(22)4-3-15-16-5-6-20(27)23(16,2)9-7-17(15)22/h15-18,21,24H,3-14H2,1-2H3/t15-,16-,17-,18-,21-,22+,23-/m0/s1. The van der Waals surface area contributed by atoms with Gasteiger partial charge >= 0.3 is 0 Å². The van der Waals surface area contributed by atoms with Crippen molar-refractivity contribution in [1.82, 2.24) is 10.2 Å². The molecule has 1 N–H and O–H groups in total. The molecule has 0 unspecified atom stereocenters. The molecule has 0 aromatic carbocycles. The molecule has 1 aliphatic heterocycles. The number of Topliss-reactive ketones (excluding diaryl/α,β-unsaturated/α-hetero) is 2. The Morgan fingerprint density at radius 2 is 1.67 bits per heavy atom. The predicted octanol–water partition coefficient (Wildman–Crippen LogP) is 3.05. The first kappa shape index (κ1) is 18.3. The number of carbonyl (C=O) groups excluding carboxylic acids is 2. The second-order valence-electron chi connectivity index (χ2n) is 10.7. The molecule has 7 atom stereocenters. The lowest BCUT2D eigenvalue weighted by molar-refractivity contribution is -0.156. The average Bonchev–Trinajstić information content (AvgIpc) is 2.98. The third-order valence-corrected chi connectivity index (χ3v) is 9.82. The molecule has 27 heavy (non-hydrogen) atoms. The number of carbonyl (C=O) groups is 2. The Hall–Kier alpha value is -0.740. The summed E-state index contributed by atoms with van der Waals surface area (Å²) < 4.78 is 0. The number of piperazine rings is 1. The summed E-state index contributed by atoms with van der Waals surface area (Å²) >= 11 is 0. The minimum atomic E-state index is -0.0349. The van der Waals surface area contributed by atoms with E-state index in [1.165, 1.54) is 19.3 Å². The Balaban J connectivity index is 1.44. The van der Waals surface area contributed by atoms with E-state index in [2.05, 4.69) is 24.1 Å². The van der Waals surface area contributed by atoms with Crippen molar-refractivity contribution in [3.63, 3.8) is 0 Å². The zero-order valence-corrected chi connectivity index (χ0v) is 17.1. The molecule has 5 aliphatic rings. The maximum absolute atomic E-state index is 13.0. The van der Waals surface area contributed by atoms with Gasteiger partial charge in [0.2, 0.25) is 0 Å². The molecule has 0 amide bonds. The molecule has 4 heteroatoms. The summed E-state index contributed by atoms with van der Waals surface area (Å²) in [5.74, 6) is 3.62. The average molecular weight is 373 g/mol. The van der Waals surface area contributed by atoms with Crippen molar-refractivity contribution >= 4 is 11.6 Å². The normalized spacial score (nSPS) is 50.8. The molecule has 5 fully saturated rings. The first-order valence-corrected chi connectivity index (χ1v) is 11.5. The minimum absolute atomic E-state index is 0.0349. The minimum Gasteiger partial charge on any atom is -0.314 e. The predicted molar refractivity (Wildman–Crippen MR) is 105 cm³/mol. The van der Waals surface area contributed by atoms with E-state index in [0.717, 1.165) is 64.2 Å². The van der Waals surface area contributed by atoms with Crippen molar-refractivity contribution in [3.05, 3.63) is 0 Å². The van der Waals surface area contributed by atoms with Crippen molar-refractivity contribution < 1.29 is 9.59 Å². The monoisotopic (exact) mass is 372 g/mol. The summed E-state index contributed by atoms with van der Waals surface area (Å²) in [6.07, 6.45) is 8.52. The van der Waals surface area contributed by atoms with E-state index < -0.39 is 0 Å². The molecule has 5 rings (SSSR count). The van der Waals surface area contributed by atoms with Crippen molar-refractivity contribution in [3.8, 4) is 0 Å². The summed E-state index contributed by atoms with van der Waals surface area (Å²) in [6.45, 7) is 8.86. The van der Waals surface area contributed by atoms with Crippen LogP contribution in [0.1, 0.15) is 65.2 Å². The van der Waals surface area contributed by atoms with Crippen LogP contribution in [0.4, 0.5) is 0 Å². The third-order valence-electron chi connectivity index (χ3n) is 9.82. The zero-order chi connectivity index (χ0) is 18.8. The van der Waals surface area contributed by atoms with Gasteiger partial charge < -0.3 is 5.32 Å². The molecule has 1 saturated heterocycles. The maximum atomic E-state index is 13.0. The quantitative estimate of drug-likeness (QED) is 0.769. The van der Waals surface area contributed by atoms with Crippen molar-refractivity contribution in [1.29, 1.82) is 0 Å². The molecule has 4 nitrogen and oxygen atoms in total. The van der Waals surface area contributed by atoms with Crippen LogP contribution >= 0.6 is 0 Å². The number of rotatable bonds is 1. The van der Waals surface area contributed by atoms with Crippen LogP contribution in [0.5, 0.6) is 0 Å². The molecule has 0 radical (unpaired) electrons. The van der Waals surface area contributed by atoms with Gasteiger partial charge in [-0.1, -0.05) is 13.8 Å². The molecule has 150 valence electrons. The summed E-state index contributed by atoms with van der Waals surface area (Å²) in [4.78, 5) is 28.1. The van der Waals surface area contributed by atoms with Crippen molar-refractivity contribution in [2.24, 2.45) is 34.5 Å². The number of hydrogen-bond donors (Lipinski definition) is 1. The van der Waals surface area contributed by atoms with E-state index in [0.29, 0.717) is 34.7 Å². The van der Waals surface area contributed by atoms with E-state index in [-0.39, 0.29) is 11.5 Å². The van der Waals surface area contributed by atoms with Gasteiger partial charge in [0.1, 0.15) is 11.6 Å². The maximum Gasteiger partial charge on any atom is 0.150 e. The highest BCUT2D eigenvalue weighted by Crippen LogP contribution is 2.65. The number of nitrogens with zero attached hydrogens (tertiary/aromatic N) is 1. The Labute approximate surface area is 163 Å². The zero-order valence-electron chi connectivity index (χ0n) is 17.1. The van der Waals surface area contributed by atoms with E-state index in [4.69, 9.17) is 0 Å². The Morgan fingerprint density at radius 1 is 0.889 bits per heavy atom.